The molecular formula is C37H64NO2+. The SMILES string of the molecule is CC(C)CCCC(C)C1CCC2C3CC=C4CC(OC(=O)CC[NH+]5CC(C)CC(C)C5)CCC4(C)C3CCC12C. The molecular weight excluding hydrogens is 490 g/mol. The lowest BCUT2D eigenvalue weighted by molar-refractivity contribution is -0.911. The van der Waals surface area contributed by atoms with Crippen LogP contribution in [0.25, 0.3) is 0 Å². The van der Waals surface area contributed by atoms with Crippen molar-refractivity contribution in [1.29, 1.82) is 0 Å². The summed E-state index contributed by atoms with van der Waals surface area (Å²) in [4.78, 5) is 14.5. The predicted molar refractivity (Wildman–Crippen MR) is 166 cm³/mol. The Bertz CT molecular complexity index is 900. The molecule has 1 saturated heterocycles. The molecule has 3 heteroatoms. The molecule has 40 heavy (non-hydrogen) atoms. The Labute approximate surface area is 247 Å². The van der Waals surface area contributed by atoms with Gasteiger partial charge < -0.3 is 9.64 Å². The molecule has 1 N–H and O–H groups in total. The summed E-state index contributed by atoms with van der Waals surface area (Å²) in [5, 5.41) is 0. The van der Waals surface area contributed by atoms with E-state index in [1.165, 1.54) is 77.3 Å². The number of ether oxygens (including phenoxy) is 1. The van der Waals surface area contributed by atoms with Crippen molar-refractivity contribution in [2.75, 3.05) is 19.6 Å². The predicted octanol–water partition coefficient (Wildman–Crippen LogP) is 7.89. The van der Waals surface area contributed by atoms with E-state index in [-0.39, 0.29) is 12.1 Å². The molecule has 1 aliphatic heterocycles. The topological polar surface area (TPSA) is 30.7 Å². The summed E-state index contributed by atoms with van der Waals surface area (Å²) in [6, 6.07) is 0. The first-order valence-corrected chi connectivity index (χ1v) is 17.7. The number of quaternary nitrogens is 1. The van der Waals surface area contributed by atoms with Gasteiger partial charge in [0.1, 0.15) is 6.10 Å². The number of carbonyl (C=O) groups is 1. The summed E-state index contributed by atoms with van der Waals surface area (Å²) in [6.07, 6.45) is 19.2. The molecule has 1 heterocycles. The molecule has 0 spiro atoms. The van der Waals surface area contributed by atoms with E-state index in [4.69, 9.17) is 4.74 Å². The average Bonchev–Trinajstić information content (AvgIpc) is 3.24. The molecule has 4 aliphatic carbocycles. The highest BCUT2D eigenvalue weighted by atomic mass is 16.5. The zero-order chi connectivity index (χ0) is 28.7. The van der Waals surface area contributed by atoms with Crippen LogP contribution in [-0.4, -0.2) is 31.7 Å². The molecule has 228 valence electrons. The summed E-state index contributed by atoms with van der Waals surface area (Å²) in [6.45, 7) is 20.7. The summed E-state index contributed by atoms with van der Waals surface area (Å²) in [7, 11) is 0. The van der Waals surface area contributed by atoms with Gasteiger partial charge in [-0.3, -0.25) is 4.79 Å². The van der Waals surface area contributed by atoms with Crippen LogP contribution in [-0.2, 0) is 9.53 Å². The fourth-order valence-corrected chi connectivity index (χ4v) is 11.4. The highest BCUT2D eigenvalue weighted by molar-refractivity contribution is 5.69. The van der Waals surface area contributed by atoms with Crippen LogP contribution >= 0.6 is 0 Å². The molecule has 10 atom stereocenters. The molecule has 0 radical (unpaired) electrons. The lowest BCUT2D eigenvalue weighted by Gasteiger charge is -2.58. The Morgan fingerprint density at radius 2 is 1.75 bits per heavy atom. The van der Waals surface area contributed by atoms with Crippen LogP contribution in [0.3, 0.4) is 0 Å². The number of fused-ring (bicyclic) bond motifs is 5. The van der Waals surface area contributed by atoms with Crippen molar-refractivity contribution < 1.29 is 14.4 Å². The van der Waals surface area contributed by atoms with Gasteiger partial charge >= 0.3 is 5.97 Å². The number of esters is 1. The smallest absolute Gasteiger partial charge is 0.311 e. The highest BCUT2D eigenvalue weighted by Crippen LogP contribution is 2.67. The first kappa shape index (κ1) is 30.6. The van der Waals surface area contributed by atoms with Crippen LogP contribution in [0, 0.1) is 58.2 Å². The minimum Gasteiger partial charge on any atom is -0.462 e. The van der Waals surface area contributed by atoms with Crippen LogP contribution in [0.5, 0.6) is 0 Å². The van der Waals surface area contributed by atoms with Gasteiger partial charge in [-0.05, 0) is 97.7 Å². The van der Waals surface area contributed by atoms with Crippen molar-refractivity contribution >= 4 is 5.97 Å². The lowest BCUT2D eigenvalue weighted by atomic mass is 9.47. The maximum Gasteiger partial charge on any atom is 0.311 e. The number of rotatable bonds is 9. The van der Waals surface area contributed by atoms with Crippen LogP contribution in [0.2, 0.25) is 0 Å². The van der Waals surface area contributed by atoms with E-state index in [0.29, 0.717) is 17.3 Å². The molecule has 4 fully saturated rings. The fourth-order valence-electron chi connectivity index (χ4n) is 11.4. The molecule has 0 aromatic rings. The Balaban J connectivity index is 1.16. The number of piperidine rings is 1. The largest absolute Gasteiger partial charge is 0.462 e. The van der Waals surface area contributed by atoms with Crippen LogP contribution in [0.4, 0.5) is 0 Å². The number of nitrogens with one attached hydrogen (secondary N) is 1. The van der Waals surface area contributed by atoms with E-state index in [1.807, 2.05) is 0 Å². The van der Waals surface area contributed by atoms with Gasteiger partial charge in [-0.25, -0.2) is 0 Å². The minimum atomic E-state index is 0.0502. The number of hydrogen-bond acceptors (Lipinski definition) is 2. The average molecular weight is 555 g/mol. The zero-order valence-electron chi connectivity index (χ0n) is 27.4. The van der Waals surface area contributed by atoms with Gasteiger partial charge in [0.25, 0.3) is 0 Å². The maximum absolute atomic E-state index is 12.9. The van der Waals surface area contributed by atoms with E-state index in [2.05, 4.69) is 54.5 Å². The third kappa shape index (κ3) is 6.26. The molecule has 5 aliphatic rings. The summed E-state index contributed by atoms with van der Waals surface area (Å²) >= 11 is 0. The summed E-state index contributed by atoms with van der Waals surface area (Å²) in [5.41, 5.74) is 2.53. The van der Waals surface area contributed by atoms with Gasteiger partial charge in [-0.15, -0.1) is 0 Å². The number of likely N-dealkylation sites (tertiary alicyclic amines) is 1. The van der Waals surface area contributed by atoms with Crippen molar-refractivity contribution in [2.45, 2.75) is 138 Å². The second kappa shape index (κ2) is 12.4. The first-order chi connectivity index (χ1) is 19.0. The molecule has 0 amide bonds. The summed E-state index contributed by atoms with van der Waals surface area (Å²) in [5.74, 6) is 6.87. The molecule has 3 saturated carbocycles. The van der Waals surface area contributed by atoms with Crippen LogP contribution < -0.4 is 4.90 Å². The third-order valence-corrected chi connectivity index (χ3v) is 13.3. The van der Waals surface area contributed by atoms with Gasteiger partial charge in [0, 0.05) is 18.3 Å². The maximum atomic E-state index is 12.9. The second-order valence-electron chi connectivity index (χ2n) is 16.7. The molecule has 5 rings (SSSR count). The van der Waals surface area contributed by atoms with Crippen LogP contribution in [0.1, 0.15) is 132 Å². The van der Waals surface area contributed by atoms with Gasteiger partial charge in [-0.2, -0.15) is 0 Å². The van der Waals surface area contributed by atoms with Gasteiger partial charge in [0.2, 0.25) is 0 Å². The normalized spacial score (nSPS) is 43.9. The van der Waals surface area contributed by atoms with E-state index in [0.717, 1.165) is 66.7 Å². The van der Waals surface area contributed by atoms with Crippen molar-refractivity contribution in [1.82, 2.24) is 0 Å². The molecule has 10 unspecified atom stereocenters. The Hall–Kier alpha value is -0.830. The third-order valence-electron chi connectivity index (χ3n) is 13.3. The lowest BCUT2D eigenvalue weighted by Crippen LogP contribution is -3.14. The van der Waals surface area contributed by atoms with E-state index in [9.17, 15) is 4.79 Å². The van der Waals surface area contributed by atoms with Crippen molar-refractivity contribution in [2.24, 2.45) is 58.2 Å². The first-order valence-electron chi connectivity index (χ1n) is 17.7. The molecule has 0 aromatic carbocycles. The second-order valence-corrected chi connectivity index (χ2v) is 16.7. The molecule has 0 bridgehead atoms. The Kier molecular flexibility index (Phi) is 9.51. The van der Waals surface area contributed by atoms with Gasteiger partial charge in [0.15, 0.2) is 0 Å². The van der Waals surface area contributed by atoms with E-state index in [1.54, 1.807) is 10.5 Å². The summed E-state index contributed by atoms with van der Waals surface area (Å²) < 4.78 is 6.15. The molecule has 3 nitrogen and oxygen atoms in total. The standard InChI is InChI=1S/C37H63NO2/c1-25(2)9-8-10-28(5)32-13-14-33-31-12-11-29-22-30(15-18-36(29,6)34(31)16-19-37(32,33)7)40-35(39)17-20-38-23-26(3)21-27(4)24-38/h11,25-28,30-34H,8-10,12-24H2,1-7H3/p+1. The number of allylic oxidation sites excluding steroid dienone is 1. The van der Waals surface area contributed by atoms with E-state index < -0.39 is 0 Å². The Morgan fingerprint density at radius 3 is 2.48 bits per heavy atom. The fraction of sp³-hybridized carbons (Fsp3) is 0.919. The molecule has 0 aromatic heterocycles. The van der Waals surface area contributed by atoms with Crippen molar-refractivity contribution in [3.05, 3.63) is 11.6 Å². The van der Waals surface area contributed by atoms with Crippen molar-refractivity contribution in [3.63, 3.8) is 0 Å². The Morgan fingerprint density at radius 1 is 1.00 bits per heavy atom. The van der Waals surface area contributed by atoms with Crippen molar-refractivity contribution in [3.8, 4) is 0 Å². The zero-order valence-corrected chi connectivity index (χ0v) is 27.4. The van der Waals surface area contributed by atoms with E-state index >= 15 is 0 Å². The highest BCUT2D eigenvalue weighted by Gasteiger charge is 2.59. The number of hydrogen-bond donors (Lipinski definition) is 1. The minimum absolute atomic E-state index is 0.0502. The van der Waals surface area contributed by atoms with Crippen LogP contribution in [0.15, 0.2) is 11.6 Å². The monoisotopic (exact) mass is 554 g/mol. The van der Waals surface area contributed by atoms with Gasteiger partial charge in [0.05, 0.1) is 26.1 Å². The number of carbonyl (C=O) groups excluding carboxylic acids is 1. The van der Waals surface area contributed by atoms with Gasteiger partial charge in [-0.1, -0.05) is 79.4 Å². The quantitative estimate of drug-likeness (QED) is 0.232.